The molecule has 25 heavy (non-hydrogen) atoms. The number of carbonyl (C=O) groups is 1. The Balaban J connectivity index is 1.47. The quantitative estimate of drug-likeness (QED) is 0.788. The summed E-state index contributed by atoms with van der Waals surface area (Å²) in [5, 5.41) is 2.01. The van der Waals surface area contributed by atoms with E-state index in [2.05, 4.69) is 46.0 Å². The SMILES string of the molecule is CN(C)Cc1ccc(N2CCN(C(=O)CCc3cscn3)CC2)nc1. The van der Waals surface area contributed by atoms with Gasteiger partial charge in [-0.3, -0.25) is 4.79 Å². The fourth-order valence-electron chi connectivity index (χ4n) is 3.00. The Kier molecular flexibility index (Phi) is 5.99. The van der Waals surface area contributed by atoms with Crippen molar-refractivity contribution in [3.8, 4) is 0 Å². The van der Waals surface area contributed by atoms with Gasteiger partial charge in [-0.25, -0.2) is 9.97 Å². The predicted octanol–water partition coefficient (Wildman–Crippen LogP) is 1.88. The number of hydrogen-bond acceptors (Lipinski definition) is 6. The molecule has 0 spiro atoms. The first kappa shape index (κ1) is 17.8. The summed E-state index contributed by atoms with van der Waals surface area (Å²) in [6.07, 6.45) is 3.22. The molecule has 0 aromatic carbocycles. The maximum atomic E-state index is 12.3. The van der Waals surface area contributed by atoms with Gasteiger partial charge in [0.05, 0.1) is 11.2 Å². The van der Waals surface area contributed by atoms with Crippen molar-refractivity contribution >= 4 is 23.1 Å². The third-order valence-electron chi connectivity index (χ3n) is 4.34. The molecule has 1 fully saturated rings. The normalized spacial score (nSPS) is 15.0. The summed E-state index contributed by atoms with van der Waals surface area (Å²) < 4.78 is 0. The minimum Gasteiger partial charge on any atom is -0.353 e. The summed E-state index contributed by atoms with van der Waals surface area (Å²) in [5.74, 6) is 1.22. The highest BCUT2D eigenvalue weighted by atomic mass is 32.1. The van der Waals surface area contributed by atoms with Gasteiger partial charge >= 0.3 is 0 Å². The third-order valence-corrected chi connectivity index (χ3v) is 4.98. The third kappa shape index (κ3) is 4.99. The molecule has 2 aromatic heterocycles. The molecule has 134 valence electrons. The molecule has 7 heteroatoms. The number of aromatic nitrogens is 2. The number of nitrogens with zero attached hydrogens (tertiary/aromatic N) is 5. The van der Waals surface area contributed by atoms with Crippen molar-refractivity contribution in [1.82, 2.24) is 19.8 Å². The number of rotatable bonds is 6. The van der Waals surface area contributed by atoms with Crippen molar-refractivity contribution in [2.75, 3.05) is 45.2 Å². The van der Waals surface area contributed by atoms with E-state index in [0.29, 0.717) is 6.42 Å². The van der Waals surface area contributed by atoms with Gasteiger partial charge < -0.3 is 14.7 Å². The molecule has 3 rings (SSSR count). The molecule has 0 N–H and O–H groups in total. The van der Waals surface area contributed by atoms with Crippen LogP contribution in [0.2, 0.25) is 0 Å². The van der Waals surface area contributed by atoms with Gasteiger partial charge in [0.1, 0.15) is 5.82 Å². The number of pyridine rings is 1. The number of anilines is 1. The molecular formula is C18H25N5OS. The zero-order valence-electron chi connectivity index (χ0n) is 14.9. The number of aryl methyl sites for hydroxylation is 1. The molecule has 1 amide bonds. The molecule has 0 aliphatic carbocycles. The van der Waals surface area contributed by atoms with Crippen molar-refractivity contribution in [2.24, 2.45) is 0 Å². The van der Waals surface area contributed by atoms with Gasteiger partial charge in [0.15, 0.2) is 0 Å². The van der Waals surface area contributed by atoms with Gasteiger partial charge in [-0.1, -0.05) is 6.07 Å². The maximum absolute atomic E-state index is 12.3. The van der Waals surface area contributed by atoms with Gasteiger partial charge in [-0.15, -0.1) is 11.3 Å². The number of piperazine rings is 1. The number of amides is 1. The fourth-order valence-corrected chi connectivity index (χ4v) is 3.59. The van der Waals surface area contributed by atoms with E-state index in [1.54, 1.807) is 11.3 Å². The molecular weight excluding hydrogens is 334 g/mol. The first-order chi connectivity index (χ1) is 12.1. The van der Waals surface area contributed by atoms with Crippen LogP contribution in [0, 0.1) is 0 Å². The van der Waals surface area contributed by atoms with Crippen molar-refractivity contribution in [3.63, 3.8) is 0 Å². The molecule has 0 unspecified atom stereocenters. The highest BCUT2D eigenvalue weighted by Gasteiger charge is 2.21. The first-order valence-electron chi connectivity index (χ1n) is 8.61. The molecule has 0 bridgehead atoms. The lowest BCUT2D eigenvalue weighted by Gasteiger charge is -2.35. The molecule has 2 aromatic rings. The summed E-state index contributed by atoms with van der Waals surface area (Å²) in [5.41, 5.74) is 4.04. The van der Waals surface area contributed by atoms with Crippen LogP contribution < -0.4 is 4.90 Å². The first-order valence-corrected chi connectivity index (χ1v) is 9.55. The van der Waals surface area contributed by atoms with Gasteiger partial charge in [0, 0.05) is 50.7 Å². The summed E-state index contributed by atoms with van der Waals surface area (Å²) >= 11 is 1.58. The van der Waals surface area contributed by atoms with E-state index in [1.165, 1.54) is 5.56 Å². The number of carbonyl (C=O) groups excluding carboxylic acids is 1. The lowest BCUT2D eigenvalue weighted by molar-refractivity contribution is -0.131. The van der Waals surface area contributed by atoms with E-state index in [0.717, 1.165) is 50.7 Å². The molecule has 1 aliphatic rings. The summed E-state index contributed by atoms with van der Waals surface area (Å²) in [6.45, 7) is 4.09. The van der Waals surface area contributed by atoms with Crippen LogP contribution >= 0.6 is 11.3 Å². The maximum Gasteiger partial charge on any atom is 0.223 e. The minimum absolute atomic E-state index is 0.224. The Hall–Kier alpha value is -1.99. The lowest BCUT2D eigenvalue weighted by atomic mass is 10.2. The molecule has 1 aliphatic heterocycles. The second-order valence-electron chi connectivity index (χ2n) is 6.61. The van der Waals surface area contributed by atoms with Crippen molar-refractivity contribution < 1.29 is 4.79 Å². The molecule has 0 saturated carbocycles. The van der Waals surface area contributed by atoms with E-state index in [4.69, 9.17) is 0 Å². The van der Waals surface area contributed by atoms with Gasteiger partial charge in [0.2, 0.25) is 5.91 Å². The topological polar surface area (TPSA) is 52.6 Å². The smallest absolute Gasteiger partial charge is 0.223 e. The standard InChI is InChI=1S/C18H25N5OS/c1-21(2)12-15-3-5-17(19-11-15)22-7-9-23(10-8-22)18(24)6-4-16-13-25-14-20-16/h3,5,11,13-14H,4,6-10,12H2,1-2H3. The zero-order chi connectivity index (χ0) is 17.6. The number of hydrogen-bond donors (Lipinski definition) is 0. The van der Waals surface area contributed by atoms with Crippen LogP contribution in [0.1, 0.15) is 17.7 Å². The van der Waals surface area contributed by atoms with Crippen LogP contribution in [0.4, 0.5) is 5.82 Å². The van der Waals surface area contributed by atoms with E-state index >= 15 is 0 Å². The average Bonchev–Trinajstić information content (AvgIpc) is 3.13. The predicted molar refractivity (Wildman–Crippen MR) is 101 cm³/mol. The van der Waals surface area contributed by atoms with E-state index < -0.39 is 0 Å². The van der Waals surface area contributed by atoms with Crippen LogP contribution in [-0.4, -0.2) is 65.9 Å². The van der Waals surface area contributed by atoms with E-state index in [9.17, 15) is 4.79 Å². The minimum atomic E-state index is 0.224. The van der Waals surface area contributed by atoms with Crippen LogP contribution in [0.25, 0.3) is 0 Å². The zero-order valence-corrected chi connectivity index (χ0v) is 15.7. The van der Waals surface area contributed by atoms with Gasteiger partial charge in [-0.2, -0.15) is 0 Å². The second kappa shape index (κ2) is 8.40. The Morgan fingerprint density at radius 1 is 1.20 bits per heavy atom. The van der Waals surface area contributed by atoms with Gasteiger partial charge in [-0.05, 0) is 32.1 Å². The van der Waals surface area contributed by atoms with E-state index in [-0.39, 0.29) is 5.91 Å². The van der Waals surface area contributed by atoms with Crippen LogP contribution in [0.3, 0.4) is 0 Å². The van der Waals surface area contributed by atoms with Crippen LogP contribution in [-0.2, 0) is 17.8 Å². The summed E-state index contributed by atoms with van der Waals surface area (Å²) in [6, 6.07) is 4.21. The Bertz CT molecular complexity index is 663. The number of thiazole rings is 1. The summed E-state index contributed by atoms with van der Waals surface area (Å²) in [7, 11) is 4.11. The Morgan fingerprint density at radius 2 is 2.00 bits per heavy atom. The molecule has 1 saturated heterocycles. The van der Waals surface area contributed by atoms with Gasteiger partial charge in [0.25, 0.3) is 0 Å². The Morgan fingerprint density at radius 3 is 2.60 bits per heavy atom. The average molecular weight is 359 g/mol. The lowest BCUT2D eigenvalue weighted by Crippen LogP contribution is -2.49. The van der Waals surface area contributed by atoms with E-state index in [1.807, 2.05) is 22.0 Å². The van der Waals surface area contributed by atoms with Crippen molar-refractivity contribution in [1.29, 1.82) is 0 Å². The van der Waals surface area contributed by atoms with Crippen molar-refractivity contribution in [3.05, 3.63) is 40.5 Å². The van der Waals surface area contributed by atoms with Crippen LogP contribution in [0.5, 0.6) is 0 Å². The highest BCUT2D eigenvalue weighted by molar-refractivity contribution is 7.07. The fraction of sp³-hybridized carbons (Fsp3) is 0.500. The highest BCUT2D eigenvalue weighted by Crippen LogP contribution is 2.15. The summed E-state index contributed by atoms with van der Waals surface area (Å²) in [4.78, 5) is 27.5. The molecule has 0 radical (unpaired) electrons. The molecule has 0 atom stereocenters. The van der Waals surface area contributed by atoms with Crippen molar-refractivity contribution in [2.45, 2.75) is 19.4 Å². The Labute approximate surface area is 153 Å². The molecule has 3 heterocycles. The molecule has 6 nitrogen and oxygen atoms in total. The van der Waals surface area contributed by atoms with Crippen LogP contribution in [0.15, 0.2) is 29.2 Å². The second-order valence-corrected chi connectivity index (χ2v) is 7.33. The largest absolute Gasteiger partial charge is 0.353 e. The monoisotopic (exact) mass is 359 g/mol.